The van der Waals surface area contributed by atoms with E-state index in [2.05, 4.69) is 27.8 Å². The number of nitrogens with one attached hydrogen (secondary N) is 2. The quantitative estimate of drug-likeness (QED) is 0.322. The minimum Gasteiger partial charge on any atom is -0.493 e. The van der Waals surface area contributed by atoms with Gasteiger partial charge in [-0.1, -0.05) is 18.2 Å². The number of hydrogen-bond donors (Lipinski definition) is 2. The number of hydrogen-bond acceptors (Lipinski definition) is 3. The molecule has 0 spiro atoms. The number of guanidine groups is 1. The van der Waals surface area contributed by atoms with Crippen LogP contribution in [0.4, 0.5) is 0 Å². The molecule has 0 bridgehead atoms. The first-order chi connectivity index (χ1) is 10.3. The van der Waals surface area contributed by atoms with Gasteiger partial charge in [-0.25, -0.2) is 0 Å². The zero-order chi connectivity index (χ0) is 14.9. The van der Waals surface area contributed by atoms with Gasteiger partial charge in [-0.15, -0.1) is 24.0 Å². The number of halogens is 1. The van der Waals surface area contributed by atoms with Crippen molar-refractivity contribution in [3.63, 3.8) is 0 Å². The van der Waals surface area contributed by atoms with Crippen LogP contribution in [0.2, 0.25) is 0 Å². The number of benzene rings is 1. The fourth-order valence-corrected chi connectivity index (χ4v) is 2.45. The van der Waals surface area contributed by atoms with Crippen LogP contribution in [0.25, 0.3) is 0 Å². The highest BCUT2D eigenvalue weighted by molar-refractivity contribution is 14.0. The molecule has 5 nitrogen and oxygen atoms in total. The predicted molar refractivity (Wildman–Crippen MR) is 101 cm³/mol. The van der Waals surface area contributed by atoms with Crippen LogP contribution in [0.3, 0.4) is 0 Å². The monoisotopic (exact) mass is 419 g/mol. The number of aliphatic imine (C=N–C) groups is 1. The van der Waals surface area contributed by atoms with Crippen LogP contribution in [-0.2, 0) is 4.74 Å². The van der Waals surface area contributed by atoms with Crippen molar-refractivity contribution in [1.29, 1.82) is 0 Å². The van der Waals surface area contributed by atoms with Crippen molar-refractivity contribution in [3.05, 3.63) is 29.8 Å². The smallest absolute Gasteiger partial charge is 0.191 e. The summed E-state index contributed by atoms with van der Waals surface area (Å²) in [7, 11) is 1.79. The molecule has 22 heavy (non-hydrogen) atoms. The Morgan fingerprint density at radius 3 is 2.95 bits per heavy atom. The average Bonchev–Trinajstić information content (AvgIpc) is 2.54. The highest BCUT2D eigenvalue weighted by Gasteiger charge is 2.20. The number of fused-ring (bicyclic) bond motifs is 1. The predicted octanol–water partition coefficient (Wildman–Crippen LogP) is 2.37. The molecule has 124 valence electrons. The zero-order valence-electron chi connectivity index (χ0n) is 13.3. The van der Waals surface area contributed by atoms with E-state index in [9.17, 15) is 0 Å². The van der Waals surface area contributed by atoms with Crippen LogP contribution in [0.5, 0.6) is 5.75 Å². The minimum absolute atomic E-state index is 0. The summed E-state index contributed by atoms with van der Waals surface area (Å²) >= 11 is 0. The Kier molecular flexibility index (Phi) is 9.22. The summed E-state index contributed by atoms with van der Waals surface area (Å²) in [6.07, 6.45) is 1.03. The van der Waals surface area contributed by atoms with Crippen LogP contribution < -0.4 is 15.4 Å². The van der Waals surface area contributed by atoms with Gasteiger partial charge < -0.3 is 20.1 Å². The number of ether oxygens (including phenoxy) is 2. The Labute approximate surface area is 149 Å². The second-order valence-electron chi connectivity index (χ2n) is 4.95. The zero-order valence-corrected chi connectivity index (χ0v) is 15.6. The van der Waals surface area contributed by atoms with Crippen molar-refractivity contribution in [2.24, 2.45) is 4.99 Å². The van der Waals surface area contributed by atoms with Crippen molar-refractivity contribution in [3.8, 4) is 5.75 Å². The third-order valence-electron chi connectivity index (χ3n) is 3.57. The van der Waals surface area contributed by atoms with E-state index in [0.717, 1.165) is 44.4 Å². The lowest BCUT2D eigenvalue weighted by atomic mass is 9.93. The Balaban J connectivity index is 0.00000242. The third kappa shape index (κ3) is 5.64. The fraction of sp³-hybridized carbons (Fsp3) is 0.562. The van der Waals surface area contributed by atoms with Gasteiger partial charge in [-0.2, -0.15) is 0 Å². The molecule has 0 fully saturated rings. The lowest BCUT2D eigenvalue weighted by Gasteiger charge is -2.26. The molecule has 1 aromatic carbocycles. The molecule has 1 aromatic rings. The molecular formula is C16H26IN3O2. The Morgan fingerprint density at radius 2 is 2.18 bits per heavy atom. The first kappa shape index (κ1) is 19.0. The summed E-state index contributed by atoms with van der Waals surface area (Å²) in [6.45, 7) is 5.83. The van der Waals surface area contributed by atoms with Gasteiger partial charge in [0.2, 0.25) is 0 Å². The van der Waals surface area contributed by atoms with Gasteiger partial charge in [0.25, 0.3) is 0 Å². The molecule has 0 amide bonds. The normalized spacial score (nSPS) is 17.0. The van der Waals surface area contributed by atoms with Crippen LogP contribution >= 0.6 is 24.0 Å². The summed E-state index contributed by atoms with van der Waals surface area (Å²) in [5, 5.41) is 6.64. The Morgan fingerprint density at radius 1 is 1.36 bits per heavy atom. The molecule has 0 aliphatic carbocycles. The highest BCUT2D eigenvalue weighted by atomic mass is 127. The molecule has 1 aliphatic rings. The highest BCUT2D eigenvalue weighted by Crippen LogP contribution is 2.32. The average molecular weight is 419 g/mol. The summed E-state index contributed by atoms with van der Waals surface area (Å²) < 4.78 is 11.0. The van der Waals surface area contributed by atoms with Crippen molar-refractivity contribution in [1.82, 2.24) is 10.6 Å². The Hall–Kier alpha value is -1.02. The van der Waals surface area contributed by atoms with Gasteiger partial charge in [-0.3, -0.25) is 4.99 Å². The first-order valence-corrected chi connectivity index (χ1v) is 7.59. The lowest BCUT2D eigenvalue weighted by Crippen LogP contribution is -2.41. The Bertz CT molecular complexity index is 468. The van der Waals surface area contributed by atoms with E-state index < -0.39 is 0 Å². The SMILES string of the molecule is CCOCCNC(=NC)NCC1CCOc2ccccc21.I. The van der Waals surface area contributed by atoms with E-state index in [1.807, 2.05) is 19.1 Å². The first-order valence-electron chi connectivity index (χ1n) is 7.59. The largest absolute Gasteiger partial charge is 0.493 e. The van der Waals surface area contributed by atoms with Crippen LogP contribution in [0, 0.1) is 0 Å². The number of nitrogens with zero attached hydrogens (tertiary/aromatic N) is 1. The maximum absolute atomic E-state index is 5.69. The molecule has 2 rings (SSSR count). The summed E-state index contributed by atoms with van der Waals surface area (Å²) in [5.74, 6) is 2.29. The van der Waals surface area contributed by atoms with Crippen molar-refractivity contribution >= 4 is 29.9 Å². The lowest BCUT2D eigenvalue weighted by molar-refractivity contribution is 0.152. The molecule has 0 radical (unpaired) electrons. The summed E-state index contributed by atoms with van der Waals surface area (Å²) in [5.41, 5.74) is 1.28. The topological polar surface area (TPSA) is 54.9 Å². The second kappa shape index (κ2) is 10.7. The van der Waals surface area contributed by atoms with Crippen molar-refractivity contribution in [2.75, 3.05) is 40.0 Å². The standard InChI is InChI=1S/C16H25N3O2.HI/c1-3-20-11-9-18-16(17-2)19-12-13-8-10-21-15-7-5-4-6-14(13)15;/h4-7,13H,3,8-12H2,1-2H3,(H2,17,18,19);1H. The van der Waals surface area contributed by atoms with Crippen LogP contribution in [0.1, 0.15) is 24.8 Å². The van der Waals surface area contributed by atoms with Gasteiger partial charge in [0.1, 0.15) is 5.75 Å². The van der Waals surface area contributed by atoms with E-state index in [-0.39, 0.29) is 24.0 Å². The van der Waals surface area contributed by atoms with E-state index in [1.165, 1.54) is 5.56 Å². The molecule has 2 N–H and O–H groups in total. The number of rotatable bonds is 6. The maximum atomic E-state index is 5.69. The van der Waals surface area contributed by atoms with Crippen LogP contribution in [-0.4, -0.2) is 45.9 Å². The minimum atomic E-state index is 0. The molecule has 1 aliphatic heterocycles. The van der Waals surface area contributed by atoms with Gasteiger partial charge in [0.05, 0.1) is 13.2 Å². The molecule has 1 atom stereocenters. The van der Waals surface area contributed by atoms with Gasteiger partial charge in [-0.05, 0) is 25.0 Å². The maximum Gasteiger partial charge on any atom is 0.191 e. The van der Waals surface area contributed by atoms with E-state index >= 15 is 0 Å². The van der Waals surface area contributed by atoms with Gasteiger partial charge in [0.15, 0.2) is 5.96 Å². The summed E-state index contributed by atoms with van der Waals surface area (Å²) in [4.78, 5) is 4.23. The van der Waals surface area contributed by atoms with E-state index in [4.69, 9.17) is 9.47 Å². The summed E-state index contributed by atoms with van der Waals surface area (Å²) in [6, 6.07) is 8.27. The second-order valence-corrected chi connectivity index (χ2v) is 4.95. The van der Waals surface area contributed by atoms with Crippen molar-refractivity contribution < 1.29 is 9.47 Å². The molecule has 0 saturated heterocycles. The molecule has 1 unspecified atom stereocenters. The van der Waals surface area contributed by atoms with Crippen molar-refractivity contribution in [2.45, 2.75) is 19.3 Å². The molecule has 6 heteroatoms. The molecule has 1 heterocycles. The number of para-hydroxylation sites is 1. The van der Waals surface area contributed by atoms with E-state index in [1.54, 1.807) is 7.05 Å². The van der Waals surface area contributed by atoms with Crippen LogP contribution in [0.15, 0.2) is 29.3 Å². The molecule has 0 saturated carbocycles. The third-order valence-corrected chi connectivity index (χ3v) is 3.57. The molecule has 0 aromatic heterocycles. The van der Waals surface area contributed by atoms with Gasteiger partial charge in [0, 0.05) is 32.7 Å². The fourth-order valence-electron chi connectivity index (χ4n) is 2.45. The van der Waals surface area contributed by atoms with Gasteiger partial charge >= 0.3 is 0 Å². The van der Waals surface area contributed by atoms with E-state index in [0.29, 0.717) is 12.5 Å². The molecular weight excluding hydrogens is 393 g/mol.